The van der Waals surface area contributed by atoms with Crippen molar-refractivity contribution in [3.8, 4) is 11.5 Å². The average Bonchev–Trinajstić information content (AvgIpc) is 3.46. The van der Waals surface area contributed by atoms with Gasteiger partial charge < -0.3 is 29.9 Å². The first-order valence-electron chi connectivity index (χ1n) is 16.5. The van der Waals surface area contributed by atoms with Crippen LogP contribution in [0.15, 0.2) is 48.0 Å². The zero-order chi connectivity index (χ0) is 33.1. The molecular formula is C36H47FN2O7. The van der Waals surface area contributed by atoms with Gasteiger partial charge in [-0.2, -0.15) is 0 Å². The van der Waals surface area contributed by atoms with Crippen LogP contribution in [0.25, 0.3) is 0 Å². The normalized spacial score (nSPS) is 19.8. The van der Waals surface area contributed by atoms with E-state index in [4.69, 9.17) is 9.47 Å². The summed E-state index contributed by atoms with van der Waals surface area (Å²) in [7, 11) is 1.43. The second-order valence-corrected chi connectivity index (χ2v) is 12.1. The van der Waals surface area contributed by atoms with Gasteiger partial charge in [0.25, 0.3) is 0 Å². The van der Waals surface area contributed by atoms with Crippen LogP contribution in [-0.4, -0.2) is 71.7 Å². The summed E-state index contributed by atoms with van der Waals surface area (Å²) >= 11 is 0. The number of fused-ring (bicyclic) bond motifs is 3. The third kappa shape index (κ3) is 8.33. The molecule has 2 aromatic carbocycles. The number of aliphatic hydroxyl groups is 2. The number of amides is 2. The lowest BCUT2D eigenvalue weighted by Crippen LogP contribution is -2.55. The lowest BCUT2D eigenvalue weighted by Gasteiger charge is -2.41. The summed E-state index contributed by atoms with van der Waals surface area (Å²) in [6.07, 6.45) is 9.90. The Kier molecular flexibility index (Phi) is 13.2. The molecule has 1 aliphatic heterocycles. The molecule has 0 saturated heterocycles. The van der Waals surface area contributed by atoms with Gasteiger partial charge in [0, 0.05) is 41.8 Å². The van der Waals surface area contributed by atoms with Crippen LogP contribution in [0.1, 0.15) is 98.5 Å². The Morgan fingerprint density at radius 3 is 2.41 bits per heavy atom. The Labute approximate surface area is 270 Å². The molecular weight excluding hydrogens is 591 g/mol. The second kappa shape index (κ2) is 17.2. The van der Waals surface area contributed by atoms with Gasteiger partial charge in [0.05, 0.1) is 25.7 Å². The minimum Gasteiger partial charge on any atom is -0.493 e. The molecule has 0 spiro atoms. The van der Waals surface area contributed by atoms with Crippen molar-refractivity contribution in [3.63, 3.8) is 0 Å². The molecule has 250 valence electrons. The molecule has 3 N–H and O–H groups in total. The lowest BCUT2D eigenvalue weighted by atomic mass is 9.77. The number of aldehydes is 1. The van der Waals surface area contributed by atoms with Crippen LogP contribution >= 0.6 is 0 Å². The van der Waals surface area contributed by atoms with E-state index < -0.39 is 35.9 Å². The molecule has 2 amide bonds. The van der Waals surface area contributed by atoms with E-state index in [1.165, 1.54) is 56.2 Å². The molecule has 2 aromatic rings. The number of carbonyl (C=O) groups excluding carboxylic acids is 3. The first-order valence-corrected chi connectivity index (χ1v) is 16.5. The maximum atomic E-state index is 14.9. The van der Waals surface area contributed by atoms with Crippen molar-refractivity contribution in [1.82, 2.24) is 10.2 Å². The SMILES string of the molecule is CCCCCCCCCCCC(=O)N(Cc1ccccc1F)C1C=C(C(=O)NCCO)C2c3cc(C=O)cc(OC)c3OC2C1O. The van der Waals surface area contributed by atoms with Crippen molar-refractivity contribution in [2.24, 2.45) is 0 Å². The van der Waals surface area contributed by atoms with Crippen LogP contribution in [0.3, 0.4) is 0 Å². The fraction of sp³-hybridized carbons (Fsp3) is 0.528. The summed E-state index contributed by atoms with van der Waals surface area (Å²) < 4.78 is 26.6. The maximum absolute atomic E-state index is 14.9. The minimum atomic E-state index is -1.30. The molecule has 2 aliphatic rings. The van der Waals surface area contributed by atoms with E-state index in [1.807, 2.05) is 0 Å². The van der Waals surface area contributed by atoms with Gasteiger partial charge in [-0.25, -0.2) is 4.39 Å². The van der Waals surface area contributed by atoms with Gasteiger partial charge in [0.2, 0.25) is 11.8 Å². The summed E-state index contributed by atoms with van der Waals surface area (Å²) in [5.74, 6) is -1.46. The number of carbonyl (C=O) groups is 3. The van der Waals surface area contributed by atoms with Crippen molar-refractivity contribution < 1.29 is 38.5 Å². The van der Waals surface area contributed by atoms with Crippen LogP contribution in [0, 0.1) is 5.82 Å². The molecule has 9 nitrogen and oxygen atoms in total. The van der Waals surface area contributed by atoms with Gasteiger partial charge in [-0.3, -0.25) is 14.4 Å². The van der Waals surface area contributed by atoms with Crippen LogP contribution in [-0.2, 0) is 16.1 Å². The highest BCUT2D eigenvalue weighted by atomic mass is 19.1. The fourth-order valence-electron chi connectivity index (χ4n) is 6.46. The van der Waals surface area contributed by atoms with Gasteiger partial charge >= 0.3 is 0 Å². The maximum Gasteiger partial charge on any atom is 0.247 e. The number of ether oxygens (including phenoxy) is 2. The van der Waals surface area contributed by atoms with Crippen molar-refractivity contribution in [3.05, 3.63) is 70.6 Å². The van der Waals surface area contributed by atoms with Crippen molar-refractivity contribution in [2.45, 2.75) is 102 Å². The Bertz CT molecular complexity index is 1380. The van der Waals surface area contributed by atoms with Gasteiger partial charge in [0.1, 0.15) is 24.3 Å². The molecule has 1 heterocycles. The van der Waals surface area contributed by atoms with E-state index in [0.717, 1.165) is 19.3 Å². The zero-order valence-corrected chi connectivity index (χ0v) is 26.9. The van der Waals surface area contributed by atoms with Gasteiger partial charge in [-0.05, 0) is 30.7 Å². The summed E-state index contributed by atoms with van der Waals surface area (Å²) in [6, 6.07) is 8.27. The smallest absolute Gasteiger partial charge is 0.247 e. The largest absolute Gasteiger partial charge is 0.493 e. The van der Waals surface area contributed by atoms with E-state index >= 15 is 0 Å². The first kappa shape index (κ1) is 35.1. The Balaban J connectivity index is 1.63. The number of nitrogens with one attached hydrogen (secondary N) is 1. The van der Waals surface area contributed by atoms with E-state index in [-0.39, 0.29) is 48.9 Å². The highest BCUT2D eigenvalue weighted by Crippen LogP contribution is 2.51. The zero-order valence-electron chi connectivity index (χ0n) is 26.9. The van der Waals surface area contributed by atoms with Crippen molar-refractivity contribution >= 4 is 18.1 Å². The molecule has 0 saturated carbocycles. The Morgan fingerprint density at radius 1 is 1.07 bits per heavy atom. The summed E-state index contributed by atoms with van der Waals surface area (Å²) in [5, 5.41) is 23.9. The number of hydrogen-bond acceptors (Lipinski definition) is 7. The first-order chi connectivity index (χ1) is 22.3. The highest BCUT2D eigenvalue weighted by molar-refractivity contribution is 5.96. The van der Waals surface area contributed by atoms with Crippen molar-refractivity contribution in [2.75, 3.05) is 20.3 Å². The molecule has 4 rings (SSSR count). The quantitative estimate of drug-likeness (QED) is 0.151. The minimum absolute atomic E-state index is 0.0112. The molecule has 4 unspecified atom stereocenters. The molecule has 0 radical (unpaired) electrons. The van der Waals surface area contributed by atoms with Crippen LogP contribution in [0.2, 0.25) is 0 Å². The summed E-state index contributed by atoms with van der Waals surface area (Å²) in [5.41, 5.74) is 1.30. The molecule has 0 fully saturated rings. The van der Waals surface area contributed by atoms with Gasteiger partial charge in [-0.1, -0.05) is 76.5 Å². The number of aliphatic hydroxyl groups excluding tert-OH is 2. The number of unbranched alkanes of at least 4 members (excludes halogenated alkanes) is 8. The van der Waals surface area contributed by atoms with Gasteiger partial charge in [-0.15, -0.1) is 0 Å². The van der Waals surface area contributed by atoms with Crippen LogP contribution in [0.5, 0.6) is 11.5 Å². The topological polar surface area (TPSA) is 125 Å². The molecule has 1 aliphatic carbocycles. The van der Waals surface area contributed by atoms with Gasteiger partial charge in [0.15, 0.2) is 11.5 Å². The van der Waals surface area contributed by atoms with Crippen molar-refractivity contribution in [1.29, 1.82) is 0 Å². The van der Waals surface area contributed by atoms with E-state index in [0.29, 0.717) is 29.6 Å². The predicted molar refractivity (Wildman–Crippen MR) is 172 cm³/mol. The monoisotopic (exact) mass is 638 g/mol. The average molecular weight is 639 g/mol. The fourth-order valence-corrected chi connectivity index (χ4v) is 6.46. The number of hydrogen-bond donors (Lipinski definition) is 3. The standard InChI is InChI=1S/C36H47FN2O7/c1-3-4-5-6-7-8-9-10-11-16-31(42)39(22-25-14-12-13-15-28(25)37)29-21-27(36(44)38-17-18-40)32-26-19-24(23-41)20-30(45-2)34(26)46-35(32)33(29)43/h12-15,19-21,23,29,32-33,35,40,43H,3-11,16-18,22H2,1-2H3,(H,38,44). The van der Waals surface area contributed by atoms with Crippen LogP contribution in [0.4, 0.5) is 4.39 Å². The number of methoxy groups -OCH3 is 1. The third-order valence-electron chi connectivity index (χ3n) is 8.88. The molecule has 0 bridgehead atoms. The van der Waals surface area contributed by atoms with E-state index in [1.54, 1.807) is 30.3 Å². The summed E-state index contributed by atoms with van der Waals surface area (Å²) in [6.45, 7) is 1.78. The second-order valence-electron chi connectivity index (χ2n) is 12.1. The number of benzene rings is 2. The summed E-state index contributed by atoms with van der Waals surface area (Å²) in [4.78, 5) is 40.6. The Hall–Kier alpha value is -3.76. The highest BCUT2D eigenvalue weighted by Gasteiger charge is 2.51. The lowest BCUT2D eigenvalue weighted by molar-refractivity contribution is -0.138. The van der Waals surface area contributed by atoms with E-state index in [9.17, 15) is 29.0 Å². The number of halogens is 1. The molecule has 10 heteroatoms. The molecule has 46 heavy (non-hydrogen) atoms. The predicted octanol–water partition coefficient (Wildman–Crippen LogP) is 5.22. The molecule has 0 aromatic heterocycles. The number of rotatable bonds is 18. The third-order valence-corrected chi connectivity index (χ3v) is 8.88. The molecule has 4 atom stereocenters. The Morgan fingerprint density at radius 2 is 1.76 bits per heavy atom. The van der Waals surface area contributed by atoms with Crippen LogP contribution < -0.4 is 14.8 Å². The van der Waals surface area contributed by atoms with E-state index in [2.05, 4.69) is 12.2 Å². The number of nitrogens with zero attached hydrogens (tertiary/aromatic N) is 1.